The summed E-state index contributed by atoms with van der Waals surface area (Å²) in [6.07, 6.45) is 3.00. The van der Waals surface area contributed by atoms with Crippen LogP contribution in [0.1, 0.15) is 36.0 Å². The average molecular weight is 522 g/mol. The number of phenols is 1. The number of likely N-dealkylation sites (tertiary alicyclic amines) is 1. The van der Waals surface area contributed by atoms with Crippen molar-refractivity contribution in [2.24, 2.45) is 0 Å². The van der Waals surface area contributed by atoms with E-state index in [1.165, 1.54) is 5.56 Å². The van der Waals surface area contributed by atoms with Gasteiger partial charge in [-0.15, -0.1) is 0 Å². The summed E-state index contributed by atoms with van der Waals surface area (Å²) in [6, 6.07) is 13.3. The second kappa shape index (κ2) is 9.55. The molecule has 2 aliphatic carbocycles. The Hall–Kier alpha value is -3.14. The lowest BCUT2D eigenvalue weighted by Crippen LogP contribution is -2.78. The number of esters is 1. The Labute approximate surface area is 222 Å². The number of rotatable bonds is 8. The van der Waals surface area contributed by atoms with Crippen LogP contribution in [0, 0.1) is 0 Å². The van der Waals surface area contributed by atoms with E-state index in [1.807, 2.05) is 36.4 Å². The fraction of sp³-hybridized carbons (Fsp3) is 0.517. The summed E-state index contributed by atoms with van der Waals surface area (Å²) >= 11 is 0. The number of nitrogens with zero attached hydrogens (tertiary/aromatic N) is 1. The molecule has 9 nitrogen and oxygen atoms in total. The highest BCUT2D eigenvalue weighted by Crippen LogP contribution is 2.66. The van der Waals surface area contributed by atoms with Gasteiger partial charge in [0.1, 0.15) is 19.3 Å². The number of phenolic OH excluding ortho intramolecular Hbond substituents is 1. The molecule has 1 saturated heterocycles. The molecular formula is C29H35N3O6. The van der Waals surface area contributed by atoms with Crippen molar-refractivity contribution < 1.29 is 28.9 Å². The molecule has 5 atom stereocenters. The first-order chi connectivity index (χ1) is 18.4. The number of likely N-dealkylation sites (N-methyl/N-ethyl adjacent to an activating group) is 1. The SMILES string of the molecule is CO[C@@]12CC[C@H](NCC(=O)NCC(=O)OCc3ccccc3)[C@@H]3Oc4c(O)ccc5c4C31CCN(C)C2C5. The van der Waals surface area contributed by atoms with E-state index in [1.54, 1.807) is 13.2 Å². The third-order valence-electron chi connectivity index (χ3n) is 9.25. The lowest BCUT2D eigenvalue weighted by atomic mass is 9.48. The molecular weight excluding hydrogens is 486 g/mol. The van der Waals surface area contributed by atoms with E-state index in [0.29, 0.717) is 5.75 Å². The molecule has 2 aromatic rings. The van der Waals surface area contributed by atoms with E-state index in [9.17, 15) is 14.7 Å². The Kier molecular flexibility index (Phi) is 6.32. The van der Waals surface area contributed by atoms with E-state index in [4.69, 9.17) is 14.2 Å². The Morgan fingerprint density at radius 3 is 2.76 bits per heavy atom. The number of ether oxygens (including phenoxy) is 3. The lowest BCUT2D eigenvalue weighted by Gasteiger charge is -2.65. The van der Waals surface area contributed by atoms with E-state index >= 15 is 0 Å². The molecule has 2 bridgehead atoms. The normalized spacial score (nSPS) is 30.7. The van der Waals surface area contributed by atoms with Crippen LogP contribution >= 0.6 is 0 Å². The zero-order chi connectivity index (χ0) is 26.5. The van der Waals surface area contributed by atoms with Gasteiger partial charge >= 0.3 is 5.97 Å². The van der Waals surface area contributed by atoms with Crippen LogP contribution < -0.4 is 15.4 Å². The molecule has 4 aliphatic rings. The Morgan fingerprint density at radius 2 is 1.97 bits per heavy atom. The minimum absolute atomic E-state index is 0.0467. The summed E-state index contributed by atoms with van der Waals surface area (Å²) in [6.45, 7) is 0.933. The highest BCUT2D eigenvalue weighted by molar-refractivity contribution is 5.83. The minimum atomic E-state index is -0.485. The van der Waals surface area contributed by atoms with Crippen molar-refractivity contribution in [3.63, 3.8) is 0 Å². The summed E-state index contributed by atoms with van der Waals surface area (Å²) in [7, 11) is 3.96. The molecule has 2 unspecified atom stereocenters. The number of piperidine rings is 1. The summed E-state index contributed by atoms with van der Waals surface area (Å²) < 4.78 is 18.3. The van der Waals surface area contributed by atoms with E-state index < -0.39 is 17.0 Å². The smallest absolute Gasteiger partial charge is 0.325 e. The van der Waals surface area contributed by atoms with Gasteiger partial charge in [0.2, 0.25) is 5.91 Å². The number of hydrogen-bond acceptors (Lipinski definition) is 8. The van der Waals surface area contributed by atoms with Gasteiger partial charge in [0.25, 0.3) is 0 Å². The molecule has 9 heteroatoms. The van der Waals surface area contributed by atoms with Crippen molar-refractivity contribution in [1.82, 2.24) is 15.5 Å². The summed E-state index contributed by atoms with van der Waals surface area (Å²) in [5.74, 6) is -0.0517. The maximum absolute atomic E-state index is 12.6. The predicted octanol–water partition coefficient (Wildman–Crippen LogP) is 1.65. The summed E-state index contributed by atoms with van der Waals surface area (Å²) in [4.78, 5) is 27.1. The second-order valence-electron chi connectivity index (χ2n) is 11.0. The summed E-state index contributed by atoms with van der Waals surface area (Å²) in [5, 5.41) is 16.8. The maximum Gasteiger partial charge on any atom is 0.325 e. The van der Waals surface area contributed by atoms with Gasteiger partial charge < -0.3 is 34.9 Å². The van der Waals surface area contributed by atoms with Crippen LogP contribution in [0.2, 0.25) is 0 Å². The number of aromatic hydroxyl groups is 1. The first-order valence-corrected chi connectivity index (χ1v) is 13.4. The molecule has 2 fully saturated rings. The van der Waals surface area contributed by atoms with Crippen LogP contribution in [0.4, 0.5) is 0 Å². The second-order valence-corrected chi connectivity index (χ2v) is 11.0. The largest absolute Gasteiger partial charge is 0.504 e. The van der Waals surface area contributed by atoms with Crippen LogP contribution in [0.15, 0.2) is 42.5 Å². The highest BCUT2D eigenvalue weighted by atomic mass is 16.5. The third kappa shape index (κ3) is 3.71. The molecule has 0 aromatic heterocycles. The standard InChI is InChI=1S/C29H35N3O6/c1-32-13-12-28-25-19-8-9-21(33)26(25)38-27(28)20(10-11-29(28,36-2)22(32)14-19)30-15-23(34)31-16-24(35)37-17-18-6-4-3-5-7-18/h3-9,20,22,27,30,33H,10-17H2,1-2H3,(H,31,34)/t20-,22?,27-,28?,29+/m0/s1. The van der Waals surface area contributed by atoms with E-state index in [2.05, 4.69) is 22.6 Å². The van der Waals surface area contributed by atoms with Crippen molar-refractivity contribution in [3.8, 4) is 11.5 Å². The Balaban J connectivity index is 1.14. The molecule has 1 saturated carbocycles. The predicted molar refractivity (Wildman–Crippen MR) is 139 cm³/mol. The molecule has 2 aliphatic heterocycles. The number of amides is 1. The van der Waals surface area contributed by atoms with Gasteiger partial charge in [-0.25, -0.2) is 0 Å². The molecule has 2 heterocycles. The maximum atomic E-state index is 12.6. The van der Waals surface area contributed by atoms with Gasteiger partial charge in [-0.05, 0) is 56.5 Å². The van der Waals surface area contributed by atoms with Crippen LogP contribution in [0.25, 0.3) is 0 Å². The van der Waals surface area contributed by atoms with Crippen LogP contribution in [-0.4, -0.2) is 79.5 Å². The molecule has 202 valence electrons. The van der Waals surface area contributed by atoms with Crippen LogP contribution in [-0.2, 0) is 37.5 Å². The average Bonchev–Trinajstić information content (AvgIpc) is 3.30. The van der Waals surface area contributed by atoms with Gasteiger partial charge in [0, 0.05) is 24.8 Å². The molecule has 1 amide bonds. The minimum Gasteiger partial charge on any atom is -0.504 e. The number of hydrogen-bond donors (Lipinski definition) is 3. The Bertz CT molecular complexity index is 1240. The van der Waals surface area contributed by atoms with Crippen molar-refractivity contribution in [2.75, 3.05) is 33.8 Å². The monoisotopic (exact) mass is 521 g/mol. The van der Waals surface area contributed by atoms with Crippen molar-refractivity contribution in [2.45, 2.75) is 61.5 Å². The van der Waals surface area contributed by atoms with Gasteiger partial charge in [0.15, 0.2) is 11.5 Å². The van der Waals surface area contributed by atoms with E-state index in [-0.39, 0.29) is 49.5 Å². The van der Waals surface area contributed by atoms with Crippen LogP contribution in [0.5, 0.6) is 11.5 Å². The number of carbonyl (C=O) groups excluding carboxylic acids is 2. The van der Waals surface area contributed by atoms with Gasteiger partial charge in [-0.1, -0.05) is 36.4 Å². The first kappa shape index (κ1) is 25.2. The number of carbonyl (C=O) groups is 2. The molecule has 0 radical (unpaired) electrons. The van der Waals surface area contributed by atoms with Gasteiger partial charge in [0.05, 0.1) is 17.6 Å². The van der Waals surface area contributed by atoms with Crippen molar-refractivity contribution >= 4 is 11.9 Å². The fourth-order valence-corrected chi connectivity index (χ4v) is 7.59. The molecule has 2 aromatic carbocycles. The van der Waals surface area contributed by atoms with Gasteiger partial charge in [-0.3, -0.25) is 9.59 Å². The molecule has 3 N–H and O–H groups in total. The number of benzene rings is 2. The lowest BCUT2D eigenvalue weighted by molar-refractivity contribution is -0.203. The highest BCUT2D eigenvalue weighted by Gasteiger charge is 2.73. The quantitative estimate of drug-likeness (QED) is 0.450. The number of nitrogens with one attached hydrogen (secondary N) is 2. The van der Waals surface area contributed by atoms with Crippen molar-refractivity contribution in [3.05, 3.63) is 59.2 Å². The summed E-state index contributed by atoms with van der Waals surface area (Å²) in [5.41, 5.74) is 2.35. The fourth-order valence-electron chi connectivity index (χ4n) is 7.59. The topological polar surface area (TPSA) is 109 Å². The molecule has 1 spiro atoms. The number of methoxy groups -OCH3 is 1. The first-order valence-electron chi connectivity index (χ1n) is 13.4. The zero-order valence-corrected chi connectivity index (χ0v) is 21.9. The molecule has 6 rings (SSSR count). The Morgan fingerprint density at radius 1 is 1.16 bits per heavy atom. The van der Waals surface area contributed by atoms with Gasteiger partial charge in [-0.2, -0.15) is 0 Å². The van der Waals surface area contributed by atoms with Crippen LogP contribution in [0.3, 0.4) is 0 Å². The zero-order valence-electron chi connectivity index (χ0n) is 21.9. The molecule has 38 heavy (non-hydrogen) atoms. The van der Waals surface area contributed by atoms with E-state index in [0.717, 1.165) is 43.4 Å². The van der Waals surface area contributed by atoms with Crippen molar-refractivity contribution in [1.29, 1.82) is 0 Å². The third-order valence-corrected chi connectivity index (χ3v) is 9.25.